The van der Waals surface area contributed by atoms with Crippen molar-refractivity contribution in [3.63, 3.8) is 0 Å². The van der Waals surface area contributed by atoms with E-state index in [1.165, 1.54) is 0 Å². The number of hydrogen-bond donors (Lipinski definition) is 3. The van der Waals surface area contributed by atoms with Gasteiger partial charge in [0.05, 0.1) is 40.5 Å². The summed E-state index contributed by atoms with van der Waals surface area (Å²) in [5.74, 6) is -0.163. The first-order valence-electron chi connectivity index (χ1n) is 11.0. The van der Waals surface area contributed by atoms with Gasteiger partial charge in [0.1, 0.15) is 5.65 Å². The van der Waals surface area contributed by atoms with E-state index in [0.29, 0.717) is 29.3 Å². The van der Waals surface area contributed by atoms with Crippen LogP contribution in [0.3, 0.4) is 0 Å². The van der Waals surface area contributed by atoms with E-state index < -0.39 is 11.8 Å². The van der Waals surface area contributed by atoms with Gasteiger partial charge in [0.15, 0.2) is 5.82 Å². The van der Waals surface area contributed by atoms with Crippen molar-refractivity contribution < 1.29 is 9.59 Å². The van der Waals surface area contributed by atoms with Gasteiger partial charge in [-0.05, 0) is 17.7 Å². The van der Waals surface area contributed by atoms with E-state index in [1.54, 1.807) is 16.8 Å². The van der Waals surface area contributed by atoms with Crippen molar-refractivity contribution in [1.82, 2.24) is 29.9 Å². The number of amides is 2. The van der Waals surface area contributed by atoms with E-state index in [1.807, 2.05) is 53.7 Å². The molecule has 3 aliphatic heterocycles. The fourth-order valence-corrected chi connectivity index (χ4v) is 5.04. The first-order valence-corrected chi connectivity index (χ1v) is 11.0. The first-order chi connectivity index (χ1) is 17.1. The van der Waals surface area contributed by atoms with Crippen LogP contribution in [0.1, 0.15) is 28.7 Å². The molecule has 6 heterocycles. The van der Waals surface area contributed by atoms with Crippen molar-refractivity contribution in [2.45, 2.75) is 12.5 Å². The Kier molecular flexibility index (Phi) is 3.86. The van der Waals surface area contributed by atoms with Crippen LogP contribution in [0.25, 0.3) is 11.2 Å². The highest BCUT2D eigenvalue weighted by atomic mass is 16.2. The van der Waals surface area contributed by atoms with Crippen LogP contribution in [0.5, 0.6) is 0 Å². The lowest BCUT2D eigenvalue weighted by Crippen LogP contribution is -2.25. The Labute approximate surface area is 197 Å². The van der Waals surface area contributed by atoms with Crippen molar-refractivity contribution >= 4 is 40.4 Å². The molecule has 1 aromatic carbocycles. The summed E-state index contributed by atoms with van der Waals surface area (Å²) in [4.78, 5) is 41.6. The van der Waals surface area contributed by atoms with Gasteiger partial charge in [0, 0.05) is 30.6 Å². The van der Waals surface area contributed by atoms with E-state index in [4.69, 9.17) is 5.73 Å². The number of rotatable bonds is 3. The zero-order valence-corrected chi connectivity index (χ0v) is 18.1. The first kappa shape index (κ1) is 19.4. The van der Waals surface area contributed by atoms with Crippen molar-refractivity contribution in [3.05, 3.63) is 89.4 Å². The number of para-hydroxylation sites is 1. The largest absolute Gasteiger partial charge is 0.368 e. The Morgan fingerprint density at radius 1 is 1.06 bits per heavy atom. The zero-order chi connectivity index (χ0) is 23.7. The standard InChI is InChI=1S/C24H17N9O2/c25-24-28-21(30-31-24)14-10-12-4-3-5-13-19(26-7-9-33(14)20(12)13)18-17(22(34)29-23(18)35)15-11-27-16-6-1-2-8-32(15)16/h1-9,11,14H,10H2,(H,29,34,35)(H3,25,28,30,31). The zero-order valence-electron chi connectivity index (χ0n) is 18.1. The lowest BCUT2D eigenvalue weighted by molar-refractivity contribution is -0.123. The molecule has 4 N–H and O–H groups in total. The van der Waals surface area contributed by atoms with Gasteiger partial charge in [-0.25, -0.2) is 10.1 Å². The van der Waals surface area contributed by atoms with E-state index in [0.717, 1.165) is 16.8 Å². The maximum atomic E-state index is 13.1. The highest BCUT2D eigenvalue weighted by molar-refractivity contribution is 6.47. The van der Waals surface area contributed by atoms with Gasteiger partial charge >= 0.3 is 0 Å². The molecule has 35 heavy (non-hydrogen) atoms. The number of fused-ring (bicyclic) bond motifs is 1. The second-order valence-corrected chi connectivity index (χ2v) is 8.40. The quantitative estimate of drug-likeness (QED) is 0.390. The predicted octanol–water partition coefficient (Wildman–Crippen LogP) is 1.52. The summed E-state index contributed by atoms with van der Waals surface area (Å²) in [6.45, 7) is 0. The third-order valence-electron chi connectivity index (χ3n) is 6.47. The van der Waals surface area contributed by atoms with Gasteiger partial charge in [0.25, 0.3) is 11.8 Å². The van der Waals surface area contributed by atoms with E-state index >= 15 is 0 Å². The highest BCUT2D eigenvalue weighted by Gasteiger charge is 2.40. The van der Waals surface area contributed by atoms with Crippen molar-refractivity contribution in [2.75, 3.05) is 10.6 Å². The van der Waals surface area contributed by atoms with E-state index in [9.17, 15) is 9.59 Å². The number of pyridine rings is 1. The number of aromatic amines is 1. The van der Waals surface area contributed by atoms with Crippen LogP contribution in [0.4, 0.5) is 11.6 Å². The van der Waals surface area contributed by atoms with Gasteiger partial charge in [-0.3, -0.25) is 24.3 Å². The second-order valence-electron chi connectivity index (χ2n) is 8.40. The van der Waals surface area contributed by atoms with E-state index in [-0.39, 0.29) is 23.1 Å². The normalized spacial score (nSPS) is 18.8. The summed E-state index contributed by atoms with van der Waals surface area (Å²) in [5.41, 5.74) is 10.5. The van der Waals surface area contributed by atoms with Crippen molar-refractivity contribution in [3.8, 4) is 0 Å². The molecule has 11 nitrogen and oxygen atoms in total. The lowest BCUT2D eigenvalue weighted by atomic mass is 9.94. The third-order valence-corrected chi connectivity index (χ3v) is 6.47. The van der Waals surface area contributed by atoms with Crippen LogP contribution >= 0.6 is 0 Å². The number of aliphatic imine (C=N–C) groups is 1. The number of nitrogens with one attached hydrogen (secondary N) is 2. The van der Waals surface area contributed by atoms with Gasteiger partial charge in [0.2, 0.25) is 5.95 Å². The SMILES string of the molecule is Nc1nc(C2Cc3cccc4c3N2C=CN=C4C2=C(c3cnc4ccccn34)C(=O)NC2=O)n[nH]1. The van der Waals surface area contributed by atoms with Crippen LogP contribution < -0.4 is 16.0 Å². The molecule has 4 aromatic rings. The number of nitrogens with two attached hydrogens (primary N) is 1. The fraction of sp³-hybridized carbons (Fsp3) is 0.0833. The molecule has 0 spiro atoms. The number of hydrogen-bond acceptors (Lipinski definition) is 8. The minimum atomic E-state index is -0.495. The van der Waals surface area contributed by atoms with Crippen molar-refractivity contribution in [2.24, 2.45) is 4.99 Å². The number of imide groups is 1. The Bertz CT molecular complexity index is 1670. The summed E-state index contributed by atoms with van der Waals surface area (Å²) in [5, 5.41) is 9.40. The Hall–Kier alpha value is -5.06. The van der Waals surface area contributed by atoms with Crippen molar-refractivity contribution in [1.29, 1.82) is 0 Å². The molecule has 2 amide bonds. The lowest BCUT2D eigenvalue weighted by Gasteiger charge is -2.22. The maximum absolute atomic E-state index is 13.1. The summed E-state index contributed by atoms with van der Waals surface area (Å²) < 4.78 is 1.78. The summed E-state index contributed by atoms with van der Waals surface area (Å²) >= 11 is 0. The molecular weight excluding hydrogens is 446 g/mol. The molecule has 11 heteroatoms. The number of carbonyl (C=O) groups is 2. The number of nitrogen functional groups attached to an aromatic ring is 1. The molecule has 7 rings (SSSR count). The molecule has 170 valence electrons. The van der Waals surface area contributed by atoms with Gasteiger partial charge in [-0.2, -0.15) is 10.1 Å². The number of aromatic nitrogens is 5. The average Bonchev–Trinajstić information content (AvgIpc) is 3.59. The smallest absolute Gasteiger partial charge is 0.261 e. The average molecular weight is 463 g/mol. The minimum absolute atomic E-state index is 0.184. The molecular formula is C24H17N9O2. The Balaban J connectivity index is 1.43. The minimum Gasteiger partial charge on any atom is -0.368 e. The number of imidazole rings is 1. The number of anilines is 2. The molecule has 1 atom stereocenters. The molecule has 3 aromatic heterocycles. The van der Waals surface area contributed by atoms with Crippen LogP contribution in [-0.4, -0.2) is 42.1 Å². The Morgan fingerprint density at radius 3 is 2.80 bits per heavy atom. The fourth-order valence-electron chi connectivity index (χ4n) is 5.04. The molecule has 0 bridgehead atoms. The molecule has 1 unspecified atom stereocenters. The molecule has 0 saturated heterocycles. The van der Waals surface area contributed by atoms with Crippen LogP contribution in [0, 0.1) is 0 Å². The second kappa shape index (κ2) is 6.97. The monoisotopic (exact) mass is 463 g/mol. The number of benzene rings is 1. The third kappa shape index (κ3) is 2.72. The molecule has 0 saturated carbocycles. The number of nitrogens with zero attached hydrogens (tertiary/aromatic N) is 6. The summed E-state index contributed by atoms with van der Waals surface area (Å²) in [7, 11) is 0. The van der Waals surface area contributed by atoms with Gasteiger partial charge in [-0.1, -0.05) is 24.3 Å². The number of H-pyrrole nitrogens is 1. The van der Waals surface area contributed by atoms with Crippen LogP contribution in [0.15, 0.2) is 71.8 Å². The molecule has 3 aliphatic rings. The highest BCUT2D eigenvalue weighted by Crippen LogP contribution is 2.44. The topological polar surface area (TPSA) is 147 Å². The predicted molar refractivity (Wildman–Crippen MR) is 127 cm³/mol. The van der Waals surface area contributed by atoms with E-state index in [2.05, 4.69) is 30.5 Å². The van der Waals surface area contributed by atoms with Crippen LogP contribution in [0.2, 0.25) is 0 Å². The molecule has 0 aliphatic carbocycles. The van der Waals surface area contributed by atoms with Gasteiger partial charge in [-0.15, -0.1) is 0 Å². The molecule has 0 fully saturated rings. The molecule has 0 radical (unpaired) electrons. The summed E-state index contributed by atoms with van der Waals surface area (Å²) in [6, 6.07) is 11.2. The summed E-state index contributed by atoms with van der Waals surface area (Å²) in [6.07, 6.45) is 7.53. The number of carbonyl (C=O) groups excluding carboxylic acids is 2. The maximum Gasteiger partial charge on any atom is 0.261 e. The van der Waals surface area contributed by atoms with Gasteiger partial charge < -0.3 is 10.6 Å². The Morgan fingerprint density at radius 2 is 1.94 bits per heavy atom. The van der Waals surface area contributed by atoms with Crippen LogP contribution in [-0.2, 0) is 16.0 Å².